The highest BCUT2D eigenvalue weighted by atomic mass is 16.5. The number of ketones is 1. The number of nitrogens with zero attached hydrogens (tertiary/aromatic N) is 2. The number of Topliss-reactive ketones (excluding diaryl/α,β-unsaturated/α-hetero) is 1. The van der Waals surface area contributed by atoms with Gasteiger partial charge in [-0.25, -0.2) is 0 Å². The second kappa shape index (κ2) is 7.21. The molecule has 1 atom stereocenters. The van der Waals surface area contributed by atoms with E-state index in [1.807, 2.05) is 74.5 Å². The Balaban J connectivity index is 1.92. The van der Waals surface area contributed by atoms with Gasteiger partial charge in [-0.2, -0.15) is 4.98 Å². The molecule has 0 saturated carbocycles. The average Bonchev–Trinajstić information content (AvgIpc) is 3.11. The maximum atomic E-state index is 12.7. The molecule has 24 heavy (non-hydrogen) atoms. The predicted molar refractivity (Wildman–Crippen MR) is 92.1 cm³/mol. The van der Waals surface area contributed by atoms with Crippen LogP contribution in [0.2, 0.25) is 0 Å². The minimum atomic E-state index is -0.237. The molecule has 3 rings (SSSR count). The highest BCUT2D eigenvalue weighted by Crippen LogP contribution is 2.29. The molecule has 0 radical (unpaired) electrons. The molecule has 2 aromatic carbocycles. The zero-order chi connectivity index (χ0) is 16.9. The van der Waals surface area contributed by atoms with Crippen LogP contribution in [0.3, 0.4) is 0 Å². The van der Waals surface area contributed by atoms with E-state index in [1.165, 1.54) is 0 Å². The van der Waals surface area contributed by atoms with E-state index in [0.717, 1.165) is 5.56 Å². The van der Waals surface area contributed by atoms with Crippen LogP contribution in [0.25, 0.3) is 0 Å². The van der Waals surface area contributed by atoms with Crippen molar-refractivity contribution in [2.75, 3.05) is 0 Å². The lowest BCUT2D eigenvalue weighted by Gasteiger charge is -2.12. The van der Waals surface area contributed by atoms with Crippen molar-refractivity contribution in [1.82, 2.24) is 10.1 Å². The summed E-state index contributed by atoms with van der Waals surface area (Å²) < 4.78 is 5.47. The summed E-state index contributed by atoms with van der Waals surface area (Å²) in [5.74, 6) is 1.17. The minimum Gasteiger partial charge on any atom is -0.339 e. The number of rotatable bonds is 6. The lowest BCUT2D eigenvalue weighted by atomic mass is 9.91. The van der Waals surface area contributed by atoms with Crippen molar-refractivity contribution in [3.05, 3.63) is 83.5 Å². The molecule has 4 heteroatoms. The number of carbonyl (C=O) groups excluding carboxylic acids is 1. The summed E-state index contributed by atoms with van der Waals surface area (Å²) in [6.45, 7) is 4.03. The van der Waals surface area contributed by atoms with Gasteiger partial charge in [0, 0.05) is 17.9 Å². The van der Waals surface area contributed by atoms with Crippen LogP contribution in [0.1, 0.15) is 59.7 Å². The van der Waals surface area contributed by atoms with Crippen LogP contribution in [0, 0.1) is 0 Å². The van der Waals surface area contributed by atoms with Crippen molar-refractivity contribution in [3.63, 3.8) is 0 Å². The number of benzene rings is 2. The molecule has 0 aliphatic carbocycles. The van der Waals surface area contributed by atoms with Crippen LogP contribution in [-0.2, 0) is 0 Å². The minimum absolute atomic E-state index is 0.0637. The van der Waals surface area contributed by atoms with Gasteiger partial charge in [-0.3, -0.25) is 4.79 Å². The first-order valence-corrected chi connectivity index (χ1v) is 8.12. The maximum absolute atomic E-state index is 12.7. The molecular weight excluding hydrogens is 300 g/mol. The van der Waals surface area contributed by atoms with Crippen molar-refractivity contribution in [1.29, 1.82) is 0 Å². The molecular formula is C20H20N2O2. The summed E-state index contributed by atoms with van der Waals surface area (Å²) in [5, 5.41) is 4.04. The van der Waals surface area contributed by atoms with Gasteiger partial charge in [0.1, 0.15) is 0 Å². The second-order valence-electron chi connectivity index (χ2n) is 6.10. The third-order valence-electron chi connectivity index (χ3n) is 3.96. The van der Waals surface area contributed by atoms with E-state index in [9.17, 15) is 4.79 Å². The number of hydrogen-bond acceptors (Lipinski definition) is 4. The fourth-order valence-corrected chi connectivity index (χ4v) is 2.58. The first kappa shape index (κ1) is 16.1. The summed E-state index contributed by atoms with van der Waals surface area (Å²) in [7, 11) is 0. The zero-order valence-corrected chi connectivity index (χ0v) is 13.8. The summed E-state index contributed by atoms with van der Waals surface area (Å²) in [4.78, 5) is 17.2. The summed E-state index contributed by atoms with van der Waals surface area (Å²) in [5.41, 5.74) is 1.70. The van der Waals surface area contributed by atoms with Crippen molar-refractivity contribution in [3.8, 4) is 0 Å². The Morgan fingerprint density at radius 1 is 1.00 bits per heavy atom. The molecule has 0 bridgehead atoms. The van der Waals surface area contributed by atoms with Crippen molar-refractivity contribution in [2.24, 2.45) is 0 Å². The molecule has 1 aromatic heterocycles. The lowest BCUT2D eigenvalue weighted by molar-refractivity contribution is 0.0973. The Morgan fingerprint density at radius 3 is 2.21 bits per heavy atom. The molecule has 0 spiro atoms. The van der Waals surface area contributed by atoms with E-state index >= 15 is 0 Å². The van der Waals surface area contributed by atoms with E-state index in [2.05, 4.69) is 10.1 Å². The highest BCUT2D eigenvalue weighted by Gasteiger charge is 2.25. The molecule has 0 N–H and O–H groups in total. The molecule has 0 aliphatic heterocycles. The Hall–Kier alpha value is -2.75. The van der Waals surface area contributed by atoms with Gasteiger partial charge in [-0.05, 0) is 5.56 Å². The Bertz CT molecular complexity index is 795. The number of carbonyl (C=O) groups is 1. The predicted octanol–water partition coefficient (Wildman–Crippen LogP) is 4.60. The summed E-state index contributed by atoms with van der Waals surface area (Å²) >= 11 is 0. The average molecular weight is 320 g/mol. The zero-order valence-electron chi connectivity index (χ0n) is 13.8. The van der Waals surface area contributed by atoms with Gasteiger partial charge in [0.2, 0.25) is 5.89 Å². The monoisotopic (exact) mass is 320 g/mol. The van der Waals surface area contributed by atoms with Crippen LogP contribution in [-0.4, -0.2) is 15.9 Å². The van der Waals surface area contributed by atoms with Gasteiger partial charge in [-0.1, -0.05) is 79.7 Å². The molecule has 0 amide bonds. The van der Waals surface area contributed by atoms with E-state index < -0.39 is 0 Å². The molecule has 122 valence electrons. The van der Waals surface area contributed by atoms with Crippen LogP contribution >= 0.6 is 0 Å². The van der Waals surface area contributed by atoms with Crippen molar-refractivity contribution >= 4 is 5.78 Å². The van der Waals surface area contributed by atoms with Gasteiger partial charge in [0.25, 0.3) is 0 Å². The fraction of sp³-hybridized carbons (Fsp3) is 0.250. The van der Waals surface area contributed by atoms with Crippen LogP contribution in [0.15, 0.2) is 65.2 Å². The second-order valence-corrected chi connectivity index (χ2v) is 6.10. The smallest absolute Gasteiger partial charge is 0.234 e. The van der Waals surface area contributed by atoms with Gasteiger partial charge in [0.05, 0.1) is 5.92 Å². The lowest BCUT2D eigenvalue weighted by Crippen LogP contribution is -2.10. The Labute approximate surface area is 141 Å². The molecule has 4 nitrogen and oxygen atoms in total. The van der Waals surface area contributed by atoms with Crippen LogP contribution < -0.4 is 0 Å². The fourth-order valence-electron chi connectivity index (χ4n) is 2.58. The Kier molecular flexibility index (Phi) is 4.85. The standard InChI is InChI=1S/C20H20N2O2/c1-14(2)19-21-20(24-22-19)17(15-9-5-3-6-10-15)13-18(23)16-11-7-4-8-12-16/h3-12,14,17H,13H2,1-2H3. The van der Waals surface area contributed by atoms with Crippen LogP contribution in [0.4, 0.5) is 0 Å². The molecule has 0 aliphatic rings. The molecule has 1 heterocycles. The van der Waals surface area contributed by atoms with E-state index in [4.69, 9.17) is 4.52 Å². The quantitative estimate of drug-likeness (QED) is 0.623. The largest absolute Gasteiger partial charge is 0.339 e. The topological polar surface area (TPSA) is 56.0 Å². The first-order chi connectivity index (χ1) is 11.6. The maximum Gasteiger partial charge on any atom is 0.234 e. The summed E-state index contributed by atoms with van der Waals surface area (Å²) in [6, 6.07) is 19.1. The normalized spacial score (nSPS) is 12.3. The SMILES string of the molecule is CC(C)c1noc(C(CC(=O)c2ccccc2)c2ccccc2)n1. The Morgan fingerprint density at radius 2 is 1.62 bits per heavy atom. The van der Waals surface area contributed by atoms with Crippen molar-refractivity contribution < 1.29 is 9.32 Å². The van der Waals surface area contributed by atoms with Gasteiger partial charge in [-0.15, -0.1) is 0 Å². The third kappa shape index (κ3) is 3.59. The third-order valence-corrected chi connectivity index (χ3v) is 3.96. The van der Waals surface area contributed by atoms with Crippen LogP contribution in [0.5, 0.6) is 0 Å². The number of hydrogen-bond donors (Lipinski definition) is 0. The first-order valence-electron chi connectivity index (χ1n) is 8.12. The highest BCUT2D eigenvalue weighted by molar-refractivity contribution is 5.96. The van der Waals surface area contributed by atoms with Gasteiger partial charge >= 0.3 is 0 Å². The van der Waals surface area contributed by atoms with E-state index in [1.54, 1.807) is 0 Å². The van der Waals surface area contributed by atoms with E-state index in [0.29, 0.717) is 23.7 Å². The molecule has 0 fully saturated rings. The van der Waals surface area contributed by atoms with E-state index in [-0.39, 0.29) is 17.6 Å². The number of aromatic nitrogens is 2. The summed E-state index contributed by atoms with van der Waals surface area (Å²) in [6.07, 6.45) is 0.299. The van der Waals surface area contributed by atoms with Gasteiger partial charge < -0.3 is 4.52 Å². The molecule has 1 unspecified atom stereocenters. The van der Waals surface area contributed by atoms with Gasteiger partial charge in [0.15, 0.2) is 11.6 Å². The molecule has 3 aromatic rings. The van der Waals surface area contributed by atoms with Crippen molar-refractivity contribution in [2.45, 2.75) is 32.1 Å². The molecule has 0 saturated heterocycles.